The SMILES string of the molecule is CC(=O)Nc1ccc(C)c(S(=O)(=O)N2CCC(c3nc4ccccc4[nH]3)CC2)c1. The summed E-state index contributed by atoms with van der Waals surface area (Å²) in [4.78, 5) is 19.6. The Balaban J connectivity index is 1.52. The van der Waals surface area contributed by atoms with Crippen LogP contribution in [0.25, 0.3) is 11.0 Å². The average molecular weight is 413 g/mol. The van der Waals surface area contributed by atoms with Crippen LogP contribution in [0.2, 0.25) is 0 Å². The van der Waals surface area contributed by atoms with Crippen LogP contribution >= 0.6 is 0 Å². The topological polar surface area (TPSA) is 95.2 Å². The number of nitrogens with zero attached hydrogens (tertiary/aromatic N) is 2. The number of H-pyrrole nitrogens is 1. The Morgan fingerprint density at radius 3 is 2.59 bits per heavy atom. The van der Waals surface area contributed by atoms with Gasteiger partial charge in [0.25, 0.3) is 0 Å². The molecule has 0 bridgehead atoms. The van der Waals surface area contributed by atoms with Gasteiger partial charge in [0, 0.05) is 31.6 Å². The van der Waals surface area contributed by atoms with E-state index in [1.807, 2.05) is 24.3 Å². The van der Waals surface area contributed by atoms with Gasteiger partial charge in [0.1, 0.15) is 5.82 Å². The maximum Gasteiger partial charge on any atom is 0.243 e. The molecule has 1 aromatic heterocycles. The monoisotopic (exact) mass is 412 g/mol. The molecular weight excluding hydrogens is 388 g/mol. The van der Waals surface area contributed by atoms with E-state index in [1.165, 1.54) is 17.3 Å². The Morgan fingerprint density at radius 2 is 1.90 bits per heavy atom. The van der Waals surface area contributed by atoms with Crippen LogP contribution < -0.4 is 5.32 Å². The highest BCUT2D eigenvalue weighted by Crippen LogP contribution is 2.32. The maximum atomic E-state index is 13.2. The molecule has 1 amide bonds. The lowest BCUT2D eigenvalue weighted by molar-refractivity contribution is -0.114. The molecule has 0 aliphatic carbocycles. The molecule has 2 heterocycles. The van der Waals surface area contributed by atoms with E-state index in [0.717, 1.165) is 16.9 Å². The molecule has 4 rings (SSSR count). The summed E-state index contributed by atoms with van der Waals surface area (Å²) in [6, 6.07) is 12.9. The van der Waals surface area contributed by atoms with Gasteiger partial charge in [-0.2, -0.15) is 4.31 Å². The Labute approximate surface area is 170 Å². The number of fused-ring (bicyclic) bond motifs is 1. The van der Waals surface area contributed by atoms with Crippen molar-refractivity contribution in [1.29, 1.82) is 0 Å². The fourth-order valence-corrected chi connectivity index (χ4v) is 5.55. The van der Waals surface area contributed by atoms with Crippen LogP contribution in [0.15, 0.2) is 47.4 Å². The number of aromatic nitrogens is 2. The molecule has 0 saturated carbocycles. The van der Waals surface area contributed by atoms with Crippen LogP contribution in [0.5, 0.6) is 0 Å². The minimum Gasteiger partial charge on any atom is -0.342 e. The van der Waals surface area contributed by atoms with E-state index in [9.17, 15) is 13.2 Å². The van der Waals surface area contributed by atoms with Crippen LogP contribution in [-0.2, 0) is 14.8 Å². The number of aryl methyl sites for hydroxylation is 1. The zero-order chi connectivity index (χ0) is 20.6. The van der Waals surface area contributed by atoms with Gasteiger partial charge in [-0.25, -0.2) is 13.4 Å². The lowest BCUT2D eigenvalue weighted by Gasteiger charge is -2.30. The van der Waals surface area contributed by atoms with Crippen LogP contribution in [0.3, 0.4) is 0 Å². The number of sulfonamides is 1. The predicted octanol–water partition coefficient (Wildman–Crippen LogP) is 3.40. The largest absolute Gasteiger partial charge is 0.342 e. The summed E-state index contributed by atoms with van der Waals surface area (Å²) < 4.78 is 28.0. The molecule has 0 spiro atoms. The molecule has 7 nitrogen and oxygen atoms in total. The Bertz CT molecular complexity index is 1130. The fraction of sp³-hybridized carbons (Fsp3) is 0.333. The highest BCUT2D eigenvalue weighted by atomic mass is 32.2. The van der Waals surface area contributed by atoms with Crippen molar-refractivity contribution in [2.45, 2.75) is 37.5 Å². The average Bonchev–Trinajstić information content (AvgIpc) is 3.13. The molecule has 1 fully saturated rings. The van der Waals surface area contributed by atoms with Crippen LogP contribution in [-0.4, -0.2) is 41.7 Å². The number of anilines is 1. The number of amides is 1. The van der Waals surface area contributed by atoms with Gasteiger partial charge in [-0.3, -0.25) is 4.79 Å². The number of rotatable bonds is 4. The van der Waals surface area contributed by atoms with Gasteiger partial charge in [0.05, 0.1) is 15.9 Å². The van der Waals surface area contributed by atoms with Crippen molar-refractivity contribution in [3.63, 3.8) is 0 Å². The minimum absolute atomic E-state index is 0.209. The van der Waals surface area contributed by atoms with Gasteiger partial charge < -0.3 is 10.3 Å². The molecule has 29 heavy (non-hydrogen) atoms. The molecule has 1 saturated heterocycles. The van der Waals surface area contributed by atoms with Gasteiger partial charge >= 0.3 is 0 Å². The van der Waals surface area contributed by atoms with Crippen molar-refractivity contribution in [2.24, 2.45) is 0 Å². The summed E-state index contributed by atoms with van der Waals surface area (Å²) >= 11 is 0. The second kappa shape index (κ2) is 7.61. The van der Waals surface area contributed by atoms with Gasteiger partial charge in [0.2, 0.25) is 15.9 Å². The molecule has 1 aliphatic heterocycles. The van der Waals surface area contributed by atoms with Crippen molar-refractivity contribution < 1.29 is 13.2 Å². The zero-order valence-corrected chi connectivity index (χ0v) is 17.3. The summed E-state index contributed by atoms with van der Waals surface area (Å²) in [5.74, 6) is 0.900. The molecular formula is C21H24N4O3S. The van der Waals surface area contributed by atoms with Gasteiger partial charge in [-0.05, 0) is 49.6 Å². The Hall–Kier alpha value is -2.71. The molecule has 1 aliphatic rings. The predicted molar refractivity (Wildman–Crippen MR) is 112 cm³/mol. The number of carbonyl (C=O) groups excluding carboxylic acids is 1. The van der Waals surface area contributed by atoms with E-state index in [4.69, 9.17) is 0 Å². The Kier molecular flexibility index (Phi) is 5.14. The summed E-state index contributed by atoms with van der Waals surface area (Å²) in [5.41, 5.74) is 3.09. The highest BCUT2D eigenvalue weighted by Gasteiger charge is 2.32. The van der Waals surface area contributed by atoms with Crippen molar-refractivity contribution >= 4 is 32.7 Å². The van der Waals surface area contributed by atoms with Gasteiger partial charge in [-0.1, -0.05) is 18.2 Å². The summed E-state index contributed by atoms with van der Waals surface area (Å²) in [6.07, 6.45) is 1.42. The number of para-hydroxylation sites is 2. The second-order valence-electron chi connectivity index (χ2n) is 7.48. The number of piperidine rings is 1. The normalized spacial score (nSPS) is 16.2. The summed E-state index contributed by atoms with van der Waals surface area (Å²) in [7, 11) is -3.63. The van der Waals surface area contributed by atoms with Crippen molar-refractivity contribution in [3.05, 3.63) is 53.9 Å². The van der Waals surface area contributed by atoms with Crippen molar-refractivity contribution in [2.75, 3.05) is 18.4 Å². The first-order valence-electron chi connectivity index (χ1n) is 9.67. The quantitative estimate of drug-likeness (QED) is 0.687. The van der Waals surface area contributed by atoms with Crippen LogP contribution in [0.4, 0.5) is 5.69 Å². The van der Waals surface area contributed by atoms with E-state index in [2.05, 4.69) is 15.3 Å². The lowest BCUT2D eigenvalue weighted by atomic mass is 9.97. The second-order valence-corrected chi connectivity index (χ2v) is 9.39. The molecule has 0 atom stereocenters. The van der Waals surface area contributed by atoms with Crippen molar-refractivity contribution in [1.82, 2.24) is 14.3 Å². The summed E-state index contributed by atoms with van der Waals surface area (Å²) in [5, 5.41) is 2.65. The fourth-order valence-electron chi connectivity index (χ4n) is 3.83. The number of nitrogens with one attached hydrogen (secondary N) is 2. The third-order valence-corrected chi connectivity index (χ3v) is 7.42. The Morgan fingerprint density at radius 1 is 1.17 bits per heavy atom. The van der Waals surface area contributed by atoms with E-state index in [-0.39, 0.29) is 16.7 Å². The first kappa shape index (κ1) is 19.6. The number of benzene rings is 2. The third kappa shape index (κ3) is 3.90. The smallest absolute Gasteiger partial charge is 0.243 e. The molecule has 2 N–H and O–H groups in total. The molecule has 2 aromatic carbocycles. The van der Waals surface area contributed by atoms with Gasteiger partial charge in [-0.15, -0.1) is 0 Å². The summed E-state index contributed by atoms with van der Waals surface area (Å²) in [6.45, 7) is 4.05. The number of hydrogen-bond acceptors (Lipinski definition) is 4. The third-order valence-electron chi connectivity index (χ3n) is 5.37. The van der Waals surface area contributed by atoms with Crippen LogP contribution in [0, 0.1) is 6.92 Å². The standard InChI is InChI=1S/C21H24N4O3S/c1-14-7-8-17(22-15(2)26)13-20(14)29(27,28)25-11-9-16(10-12-25)21-23-18-5-3-4-6-19(18)24-21/h3-8,13,16H,9-12H2,1-2H3,(H,22,26)(H,23,24). The number of imidazole rings is 1. The number of carbonyl (C=O) groups is 1. The van der Waals surface area contributed by atoms with E-state index >= 15 is 0 Å². The van der Waals surface area contributed by atoms with Crippen molar-refractivity contribution in [3.8, 4) is 0 Å². The minimum atomic E-state index is -3.63. The van der Waals surface area contributed by atoms with E-state index in [0.29, 0.717) is 37.2 Å². The maximum absolute atomic E-state index is 13.2. The number of hydrogen-bond donors (Lipinski definition) is 2. The number of aromatic amines is 1. The van der Waals surface area contributed by atoms with E-state index < -0.39 is 10.0 Å². The van der Waals surface area contributed by atoms with Crippen LogP contribution in [0.1, 0.15) is 37.1 Å². The first-order valence-corrected chi connectivity index (χ1v) is 11.1. The highest BCUT2D eigenvalue weighted by molar-refractivity contribution is 7.89. The zero-order valence-electron chi connectivity index (χ0n) is 16.5. The first-order chi connectivity index (χ1) is 13.8. The molecule has 0 radical (unpaired) electrons. The molecule has 0 unspecified atom stereocenters. The molecule has 3 aromatic rings. The van der Waals surface area contributed by atoms with Gasteiger partial charge in [0.15, 0.2) is 0 Å². The lowest BCUT2D eigenvalue weighted by Crippen LogP contribution is -2.38. The molecule has 152 valence electrons. The molecule has 8 heteroatoms. The van der Waals surface area contributed by atoms with E-state index in [1.54, 1.807) is 19.1 Å².